The van der Waals surface area contributed by atoms with Crippen LogP contribution in [0, 0.1) is 11.8 Å². The Labute approximate surface area is 166 Å². The number of fused-ring (bicyclic) bond motifs is 1. The first-order chi connectivity index (χ1) is 13.2. The lowest BCUT2D eigenvalue weighted by Gasteiger charge is -2.26. The van der Waals surface area contributed by atoms with Crippen molar-refractivity contribution >= 4 is 28.4 Å². The summed E-state index contributed by atoms with van der Waals surface area (Å²) in [4.78, 5) is 13.0. The highest BCUT2D eigenvalue weighted by Gasteiger charge is 2.21. The van der Waals surface area contributed by atoms with Gasteiger partial charge < -0.3 is 14.6 Å². The number of hydrogen-bond acceptors (Lipinski definition) is 2. The van der Waals surface area contributed by atoms with E-state index in [4.69, 9.17) is 16.3 Å². The van der Waals surface area contributed by atoms with E-state index < -0.39 is 0 Å². The Kier molecular flexibility index (Phi) is 6.04. The fraction of sp³-hybridized carbons (Fsp3) is 0.591. The smallest absolute Gasteiger partial charge is 0.253 e. The highest BCUT2D eigenvalue weighted by atomic mass is 35.5. The number of rotatable bonds is 6. The molecule has 1 N–H and O–H groups in total. The number of halogens is 1. The van der Waals surface area contributed by atoms with Gasteiger partial charge in [0.25, 0.3) is 5.91 Å². The van der Waals surface area contributed by atoms with Crippen molar-refractivity contribution in [3.8, 4) is 0 Å². The Balaban J connectivity index is 1.49. The van der Waals surface area contributed by atoms with Gasteiger partial charge in [-0.2, -0.15) is 0 Å². The first kappa shape index (κ1) is 18.8. The SMILES string of the molecule is O=C(NCC1CCCCCC1)c1cn(CCC2COC2)c2cccc(Cl)c12. The van der Waals surface area contributed by atoms with Crippen LogP contribution in [0.5, 0.6) is 0 Å². The molecule has 4 rings (SSSR count). The Morgan fingerprint density at radius 1 is 1.15 bits per heavy atom. The van der Waals surface area contributed by atoms with E-state index in [9.17, 15) is 4.79 Å². The minimum atomic E-state index is 0.00285. The van der Waals surface area contributed by atoms with Gasteiger partial charge in [0.1, 0.15) is 0 Å². The van der Waals surface area contributed by atoms with E-state index in [2.05, 4.69) is 16.0 Å². The van der Waals surface area contributed by atoms with Crippen LogP contribution in [0.15, 0.2) is 24.4 Å². The van der Waals surface area contributed by atoms with Crippen molar-refractivity contribution in [3.63, 3.8) is 0 Å². The summed E-state index contributed by atoms with van der Waals surface area (Å²) in [5.74, 6) is 1.25. The fourth-order valence-corrected chi connectivity index (χ4v) is 4.61. The molecule has 4 nitrogen and oxygen atoms in total. The van der Waals surface area contributed by atoms with E-state index in [1.807, 2.05) is 18.3 Å². The molecule has 1 aliphatic carbocycles. The summed E-state index contributed by atoms with van der Waals surface area (Å²) in [7, 11) is 0. The second-order valence-electron chi connectivity index (χ2n) is 8.13. The lowest BCUT2D eigenvalue weighted by molar-refractivity contribution is -0.0370. The maximum Gasteiger partial charge on any atom is 0.253 e. The number of aromatic nitrogens is 1. The third kappa shape index (κ3) is 4.33. The number of benzene rings is 1. The van der Waals surface area contributed by atoms with Crippen LogP contribution in [-0.2, 0) is 11.3 Å². The number of ether oxygens (including phenoxy) is 1. The maximum absolute atomic E-state index is 13.0. The van der Waals surface area contributed by atoms with Crippen LogP contribution >= 0.6 is 11.6 Å². The van der Waals surface area contributed by atoms with Gasteiger partial charge in [0.05, 0.1) is 29.3 Å². The molecule has 2 aliphatic rings. The summed E-state index contributed by atoms with van der Waals surface area (Å²) in [6.45, 7) is 3.37. The molecule has 27 heavy (non-hydrogen) atoms. The Bertz CT molecular complexity index is 789. The monoisotopic (exact) mass is 388 g/mol. The number of carbonyl (C=O) groups is 1. The van der Waals surface area contributed by atoms with Crippen LogP contribution in [0.25, 0.3) is 10.9 Å². The van der Waals surface area contributed by atoms with Gasteiger partial charge in [0.15, 0.2) is 0 Å². The summed E-state index contributed by atoms with van der Waals surface area (Å²) in [6.07, 6.45) is 10.8. The highest BCUT2D eigenvalue weighted by molar-refractivity contribution is 6.36. The predicted octanol–water partition coefficient (Wildman–Crippen LogP) is 5.03. The van der Waals surface area contributed by atoms with Crippen molar-refractivity contribution in [3.05, 3.63) is 35.0 Å². The topological polar surface area (TPSA) is 43.3 Å². The van der Waals surface area contributed by atoms with E-state index in [1.165, 1.54) is 38.5 Å². The third-order valence-electron chi connectivity index (χ3n) is 6.11. The molecule has 1 aromatic carbocycles. The molecule has 0 radical (unpaired) electrons. The molecule has 0 bridgehead atoms. The summed E-state index contributed by atoms with van der Waals surface area (Å²) in [5, 5.41) is 4.71. The quantitative estimate of drug-likeness (QED) is 0.705. The lowest BCUT2D eigenvalue weighted by Crippen LogP contribution is -2.29. The van der Waals surface area contributed by atoms with E-state index in [-0.39, 0.29) is 5.91 Å². The molecule has 0 unspecified atom stereocenters. The largest absolute Gasteiger partial charge is 0.381 e. The van der Waals surface area contributed by atoms with Gasteiger partial charge in [-0.15, -0.1) is 0 Å². The molecule has 0 spiro atoms. The van der Waals surface area contributed by atoms with E-state index >= 15 is 0 Å². The molecular weight excluding hydrogens is 360 g/mol. The van der Waals surface area contributed by atoms with Crippen molar-refractivity contribution in [2.45, 2.75) is 51.5 Å². The normalized spacial score (nSPS) is 19.0. The van der Waals surface area contributed by atoms with Crippen LogP contribution in [0.2, 0.25) is 5.02 Å². The Morgan fingerprint density at radius 2 is 1.93 bits per heavy atom. The van der Waals surface area contributed by atoms with Gasteiger partial charge in [-0.3, -0.25) is 4.79 Å². The van der Waals surface area contributed by atoms with Crippen molar-refractivity contribution < 1.29 is 9.53 Å². The van der Waals surface area contributed by atoms with Crippen LogP contribution in [-0.4, -0.2) is 30.2 Å². The van der Waals surface area contributed by atoms with E-state index in [1.54, 1.807) is 0 Å². The molecule has 0 atom stereocenters. The second-order valence-corrected chi connectivity index (χ2v) is 8.54. The third-order valence-corrected chi connectivity index (χ3v) is 6.43. The molecule has 1 amide bonds. The average Bonchev–Trinajstić information content (AvgIpc) is 2.82. The van der Waals surface area contributed by atoms with Gasteiger partial charge in [0.2, 0.25) is 0 Å². The first-order valence-corrected chi connectivity index (χ1v) is 10.7. The first-order valence-electron chi connectivity index (χ1n) is 10.4. The number of nitrogens with zero attached hydrogens (tertiary/aromatic N) is 1. The summed E-state index contributed by atoms with van der Waals surface area (Å²) in [5.41, 5.74) is 1.75. The number of nitrogens with one attached hydrogen (secondary N) is 1. The Hall–Kier alpha value is -1.52. The molecule has 5 heteroatoms. The molecule has 1 saturated heterocycles. The number of carbonyl (C=O) groups excluding carboxylic acids is 1. The molecule has 2 heterocycles. The minimum absolute atomic E-state index is 0.00285. The van der Waals surface area contributed by atoms with E-state index in [0.29, 0.717) is 22.4 Å². The van der Waals surface area contributed by atoms with Crippen LogP contribution in [0.1, 0.15) is 55.3 Å². The molecule has 1 aliphatic heterocycles. The molecule has 2 aromatic rings. The fourth-order valence-electron chi connectivity index (χ4n) is 4.34. The van der Waals surface area contributed by atoms with Gasteiger partial charge in [-0.25, -0.2) is 0 Å². The van der Waals surface area contributed by atoms with Gasteiger partial charge in [-0.05, 0) is 37.3 Å². The van der Waals surface area contributed by atoms with Crippen LogP contribution in [0.4, 0.5) is 0 Å². The molecule has 1 saturated carbocycles. The van der Waals surface area contributed by atoms with E-state index in [0.717, 1.165) is 43.6 Å². The minimum Gasteiger partial charge on any atom is -0.381 e. The molecule has 1 aromatic heterocycles. The zero-order chi connectivity index (χ0) is 18.6. The predicted molar refractivity (Wildman–Crippen MR) is 109 cm³/mol. The standard InChI is InChI=1S/C22H29ClN2O2/c23-19-8-5-9-20-21(19)18(13-25(20)11-10-17-14-27-15-17)22(26)24-12-16-6-3-1-2-4-7-16/h5,8-9,13,16-17H,1-4,6-7,10-12,14-15H2,(H,24,26). The summed E-state index contributed by atoms with van der Waals surface area (Å²) in [6, 6.07) is 5.89. The zero-order valence-electron chi connectivity index (χ0n) is 15.9. The zero-order valence-corrected chi connectivity index (χ0v) is 16.6. The Morgan fingerprint density at radius 3 is 2.63 bits per heavy atom. The summed E-state index contributed by atoms with van der Waals surface area (Å²) >= 11 is 6.48. The number of amides is 1. The van der Waals surface area contributed by atoms with Gasteiger partial charge in [-0.1, -0.05) is 43.4 Å². The highest BCUT2D eigenvalue weighted by Crippen LogP contribution is 2.30. The van der Waals surface area contributed by atoms with Crippen molar-refractivity contribution in [1.29, 1.82) is 0 Å². The molecule has 2 fully saturated rings. The van der Waals surface area contributed by atoms with Crippen molar-refractivity contribution in [1.82, 2.24) is 9.88 Å². The van der Waals surface area contributed by atoms with Gasteiger partial charge in [0, 0.05) is 30.6 Å². The van der Waals surface area contributed by atoms with Crippen molar-refractivity contribution in [2.24, 2.45) is 11.8 Å². The number of hydrogen-bond donors (Lipinski definition) is 1. The average molecular weight is 389 g/mol. The maximum atomic E-state index is 13.0. The molecule has 146 valence electrons. The van der Waals surface area contributed by atoms with Gasteiger partial charge >= 0.3 is 0 Å². The second kappa shape index (κ2) is 8.66. The van der Waals surface area contributed by atoms with Crippen molar-refractivity contribution in [2.75, 3.05) is 19.8 Å². The molecular formula is C22H29ClN2O2. The summed E-state index contributed by atoms with van der Waals surface area (Å²) < 4.78 is 7.46. The van der Waals surface area contributed by atoms with Crippen LogP contribution < -0.4 is 5.32 Å². The lowest BCUT2D eigenvalue weighted by atomic mass is 10.0. The van der Waals surface area contributed by atoms with Crippen LogP contribution in [0.3, 0.4) is 0 Å². The number of aryl methyl sites for hydroxylation is 1.